The van der Waals surface area contributed by atoms with Crippen molar-refractivity contribution in [1.82, 2.24) is 0 Å². The molecule has 0 saturated carbocycles. The number of hydrogen-bond donors (Lipinski definition) is 0. The van der Waals surface area contributed by atoms with Crippen LogP contribution in [0.2, 0.25) is 0 Å². The monoisotopic (exact) mass is 57.0 g/mol. The van der Waals surface area contributed by atoms with E-state index in [1.807, 2.05) is 0 Å². The van der Waals surface area contributed by atoms with E-state index in [1.165, 1.54) is 0 Å². The van der Waals surface area contributed by atoms with Gasteiger partial charge in [-0.25, -0.2) is 0 Å². The lowest BCUT2D eigenvalue weighted by Crippen LogP contribution is -1.58. The second-order valence-corrected chi connectivity index (χ2v) is 0.180. The Morgan fingerprint density at radius 1 is 2.00 bits per heavy atom. The van der Waals surface area contributed by atoms with Crippen molar-refractivity contribution in [2.45, 2.75) is 0 Å². The summed E-state index contributed by atoms with van der Waals surface area (Å²) < 4.78 is 3.11. The van der Waals surface area contributed by atoms with Gasteiger partial charge in [0.25, 0.3) is 0 Å². The zero-order valence-electron chi connectivity index (χ0n) is 1.84. The van der Waals surface area contributed by atoms with E-state index in [4.69, 9.17) is 4.91 Å². The van der Waals surface area contributed by atoms with Gasteiger partial charge in [0.1, 0.15) is 5.34 Å². The third kappa shape index (κ3) is 1.46. The van der Waals surface area contributed by atoms with Crippen LogP contribution >= 0.6 is 0 Å². The predicted octanol–water partition coefficient (Wildman–Crippen LogP) is -0.232. The van der Waals surface area contributed by atoms with Crippen LogP contribution in [0.4, 0.5) is 0 Å². The van der Waals surface area contributed by atoms with Crippen LogP contribution in [-0.4, -0.2) is 8.05 Å². The van der Waals surface area contributed by atoms with Gasteiger partial charge in [-0.2, -0.15) is 0 Å². The molecule has 4 heavy (non-hydrogen) atoms. The summed E-state index contributed by atoms with van der Waals surface area (Å²) in [6, 6.07) is 0. The van der Waals surface area contributed by atoms with E-state index >= 15 is 0 Å². The average Bonchev–Trinajstić information content (AvgIpc) is 1.37. The molecule has 0 spiro atoms. The molecule has 3 nitrogen and oxygen atoms in total. The van der Waals surface area contributed by atoms with Gasteiger partial charge in [0.05, 0.1) is 0 Å². The third-order valence-electron chi connectivity index (χ3n) is 0.0430. The second kappa shape index (κ2) is 2.46. The molecule has 0 N–H and O–H groups in total. The fourth-order valence-electron chi connectivity index (χ4n) is 0. The lowest BCUT2D eigenvalue weighted by Gasteiger charge is -1.63. The van der Waals surface area contributed by atoms with Crippen LogP contribution in [0.1, 0.15) is 0 Å². The van der Waals surface area contributed by atoms with Gasteiger partial charge in [-0.05, 0) is 0 Å². The highest BCUT2D eigenvalue weighted by molar-refractivity contribution is 5.97. The highest BCUT2D eigenvalue weighted by Gasteiger charge is 1.48. The lowest BCUT2D eigenvalue weighted by molar-refractivity contribution is 0.371. The van der Waals surface area contributed by atoms with Gasteiger partial charge in [0.15, 0.2) is 0 Å². The first-order valence-corrected chi connectivity index (χ1v) is 0.601. The molecule has 20 valence electrons. The molecule has 2 radical (unpaired) electrons. The summed E-state index contributed by atoms with van der Waals surface area (Å²) in [6.45, 7) is 0. The fraction of sp³-hybridized carbons (Fsp3) is 0. The quantitative estimate of drug-likeness (QED) is 0.237. The predicted molar refractivity (Wildman–Crippen MR) is 12.6 cm³/mol. The van der Waals surface area contributed by atoms with Crippen LogP contribution in [0.3, 0.4) is 0 Å². The maximum atomic E-state index is 8.58. The van der Waals surface area contributed by atoms with Crippen LogP contribution in [-0.2, 0) is 4.76 Å². The van der Waals surface area contributed by atoms with E-state index < -0.39 is 0 Å². The van der Waals surface area contributed by atoms with Gasteiger partial charge < -0.3 is 4.76 Å². The Morgan fingerprint density at radius 2 is 2.25 bits per heavy atom. The van der Waals surface area contributed by atoms with Gasteiger partial charge in [-0.3, -0.25) is 0 Å². The number of rotatable bonds is 1. The normalized spacial score (nSPS) is 5.00. The first-order chi connectivity index (χ1) is 1.91. The molecule has 0 aliphatic rings. The Labute approximate surface area is 24.3 Å². The molecular formula is BNO2. The van der Waals surface area contributed by atoms with Gasteiger partial charge >= 0.3 is 8.05 Å². The van der Waals surface area contributed by atoms with Crippen molar-refractivity contribution in [3.05, 3.63) is 4.91 Å². The molecule has 0 aliphatic carbocycles. The molecule has 0 aromatic rings. The van der Waals surface area contributed by atoms with E-state index in [0.717, 1.165) is 0 Å². The van der Waals surface area contributed by atoms with Crippen LogP contribution in [0.15, 0.2) is 5.34 Å². The van der Waals surface area contributed by atoms with Gasteiger partial charge in [-0.15, -0.1) is 4.91 Å². The van der Waals surface area contributed by atoms with Crippen LogP contribution < -0.4 is 0 Å². The zero-order valence-corrected chi connectivity index (χ0v) is 1.84. The van der Waals surface area contributed by atoms with Crippen LogP contribution in [0.25, 0.3) is 0 Å². The molecule has 0 heterocycles. The van der Waals surface area contributed by atoms with Crippen molar-refractivity contribution >= 4 is 8.05 Å². The summed E-state index contributed by atoms with van der Waals surface area (Å²) in [6.07, 6.45) is 0. The summed E-state index contributed by atoms with van der Waals surface area (Å²) in [7, 11) is 4.05. The largest absolute Gasteiger partial charge is 0.450 e. The van der Waals surface area contributed by atoms with E-state index in [9.17, 15) is 0 Å². The minimum absolute atomic E-state index is 1.76. The molecule has 0 aliphatic heterocycles. The average molecular weight is 56.8 g/mol. The Bertz CT molecular complexity index is 20.0. The molecule has 0 bridgehead atoms. The molecule has 0 aromatic heterocycles. The molecule has 0 fully saturated rings. The number of nitrogens with zero attached hydrogens (tertiary/aromatic N) is 1. The zero-order chi connectivity index (χ0) is 3.41. The second-order valence-electron chi connectivity index (χ2n) is 0.180. The molecule has 0 rings (SSSR count). The Balaban J connectivity index is 2.30. The van der Waals surface area contributed by atoms with Crippen LogP contribution in [0, 0.1) is 4.91 Å². The Hall–Kier alpha value is -0.535. The lowest BCUT2D eigenvalue weighted by atomic mass is 10.6. The van der Waals surface area contributed by atoms with Crippen molar-refractivity contribution in [2.24, 2.45) is 5.34 Å². The molecule has 0 unspecified atom stereocenters. The van der Waals surface area contributed by atoms with Gasteiger partial charge in [0.2, 0.25) is 0 Å². The molecule has 0 saturated heterocycles. The van der Waals surface area contributed by atoms with Crippen molar-refractivity contribution in [3.63, 3.8) is 0 Å². The summed E-state index contributed by atoms with van der Waals surface area (Å²) in [5, 5.41) is 1.76. The molecule has 4 heteroatoms. The highest BCUT2D eigenvalue weighted by Crippen LogP contribution is 1.50. The minimum Gasteiger partial charge on any atom is -0.450 e. The third-order valence-corrected chi connectivity index (χ3v) is 0.0430. The molecular weight excluding hydrogens is 56.8 g/mol. The van der Waals surface area contributed by atoms with Crippen molar-refractivity contribution in [1.29, 1.82) is 0 Å². The summed E-state index contributed by atoms with van der Waals surface area (Å²) in [5.74, 6) is 0. The first-order valence-electron chi connectivity index (χ1n) is 0.601. The maximum Gasteiger partial charge on any atom is 0.424 e. The van der Waals surface area contributed by atoms with Crippen LogP contribution in [0.5, 0.6) is 0 Å². The molecule has 0 aromatic carbocycles. The fourth-order valence-corrected chi connectivity index (χ4v) is 0. The van der Waals surface area contributed by atoms with Crippen molar-refractivity contribution in [2.75, 3.05) is 0 Å². The van der Waals surface area contributed by atoms with E-state index in [1.54, 1.807) is 5.34 Å². The van der Waals surface area contributed by atoms with E-state index in [2.05, 4.69) is 12.8 Å². The van der Waals surface area contributed by atoms with Crippen molar-refractivity contribution < 1.29 is 4.76 Å². The summed E-state index contributed by atoms with van der Waals surface area (Å²) in [5.41, 5.74) is 0. The standard InChI is InChI=1S/BNO2/c1-4-2-3. The number of hydrogen-bond acceptors (Lipinski definition) is 3. The molecule has 0 amide bonds. The van der Waals surface area contributed by atoms with E-state index in [-0.39, 0.29) is 0 Å². The van der Waals surface area contributed by atoms with Gasteiger partial charge in [-0.1, -0.05) is 0 Å². The summed E-state index contributed by atoms with van der Waals surface area (Å²) in [4.78, 5) is 8.58. The topological polar surface area (TPSA) is 38.7 Å². The Kier molecular flexibility index (Phi) is 2.14. The van der Waals surface area contributed by atoms with E-state index in [0.29, 0.717) is 0 Å². The maximum absolute atomic E-state index is 8.58. The van der Waals surface area contributed by atoms with Gasteiger partial charge in [0, 0.05) is 0 Å². The molecule has 0 atom stereocenters. The Morgan fingerprint density at radius 3 is 2.25 bits per heavy atom. The summed E-state index contributed by atoms with van der Waals surface area (Å²) >= 11 is 0. The van der Waals surface area contributed by atoms with Crippen molar-refractivity contribution in [3.8, 4) is 0 Å². The smallest absolute Gasteiger partial charge is 0.424 e. The first kappa shape index (κ1) is 3.46. The highest BCUT2D eigenvalue weighted by atomic mass is 16.7. The SMILES string of the molecule is [B]ON=O. The minimum atomic E-state index is 1.76.